The fourth-order valence-electron chi connectivity index (χ4n) is 2.27. The highest BCUT2D eigenvalue weighted by atomic mass is 35.5. The van der Waals surface area contributed by atoms with E-state index < -0.39 is 18.0 Å². The lowest BCUT2D eigenvalue weighted by Crippen LogP contribution is -2.49. The molecule has 2 N–H and O–H groups in total. The van der Waals surface area contributed by atoms with Crippen molar-refractivity contribution in [3.8, 4) is 5.75 Å². The van der Waals surface area contributed by atoms with Gasteiger partial charge in [0.15, 0.2) is 0 Å². The van der Waals surface area contributed by atoms with Gasteiger partial charge in [-0.05, 0) is 6.07 Å². The number of halogens is 4. The molecule has 0 bridgehead atoms. The largest absolute Gasteiger partial charge is 0.506 e. The maximum absolute atomic E-state index is 13.3. The number of alkyl halides is 3. The van der Waals surface area contributed by atoms with E-state index in [0.717, 1.165) is 0 Å². The second kappa shape index (κ2) is 5.56. The minimum absolute atomic E-state index is 0.0677. The van der Waals surface area contributed by atoms with Crippen LogP contribution < -0.4 is 5.32 Å². The fourth-order valence-corrected chi connectivity index (χ4v) is 2.45. The number of nitrogens with zero attached hydrogens (tertiary/aromatic N) is 1. The Bertz CT molecular complexity index is 447. The van der Waals surface area contributed by atoms with E-state index in [-0.39, 0.29) is 23.7 Å². The molecule has 0 aromatic heterocycles. The number of benzene rings is 1. The molecule has 1 heterocycles. The second-order valence-corrected chi connectivity index (χ2v) is 4.81. The lowest BCUT2D eigenvalue weighted by atomic mass is 10.0. The Morgan fingerprint density at radius 2 is 1.89 bits per heavy atom. The van der Waals surface area contributed by atoms with Crippen LogP contribution >= 0.6 is 11.6 Å². The van der Waals surface area contributed by atoms with Crippen LogP contribution in [0.3, 0.4) is 0 Å². The molecular weight excluding hydrogens is 281 g/mol. The fraction of sp³-hybridized carbons (Fsp3) is 0.500. The van der Waals surface area contributed by atoms with Crippen molar-refractivity contribution in [2.75, 3.05) is 26.2 Å². The van der Waals surface area contributed by atoms with Crippen LogP contribution in [-0.2, 0) is 0 Å². The summed E-state index contributed by atoms with van der Waals surface area (Å²) in [6, 6.07) is 2.22. The van der Waals surface area contributed by atoms with Crippen LogP contribution in [0.15, 0.2) is 18.2 Å². The summed E-state index contributed by atoms with van der Waals surface area (Å²) in [5, 5.41) is 12.7. The van der Waals surface area contributed by atoms with E-state index in [4.69, 9.17) is 11.6 Å². The number of para-hydroxylation sites is 1. The van der Waals surface area contributed by atoms with Crippen LogP contribution in [0.25, 0.3) is 0 Å². The molecule has 0 aliphatic carbocycles. The first-order valence-electron chi connectivity index (χ1n) is 5.90. The smallest absolute Gasteiger partial charge is 0.408 e. The van der Waals surface area contributed by atoms with Gasteiger partial charge in [-0.2, -0.15) is 13.2 Å². The van der Waals surface area contributed by atoms with Crippen molar-refractivity contribution in [1.29, 1.82) is 0 Å². The van der Waals surface area contributed by atoms with Crippen molar-refractivity contribution in [2.24, 2.45) is 0 Å². The monoisotopic (exact) mass is 294 g/mol. The molecule has 1 aromatic carbocycles. The van der Waals surface area contributed by atoms with Crippen molar-refractivity contribution >= 4 is 11.6 Å². The molecule has 1 saturated heterocycles. The van der Waals surface area contributed by atoms with Gasteiger partial charge in [0.2, 0.25) is 0 Å². The number of hydrogen-bond acceptors (Lipinski definition) is 3. The van der Waals surface area contributed by atoms with E-state index in [9.17, 15) is 18.3 Å². The summed E-state index contributed by atoms with van der Waals surface area (Å²) in [5.74, 6) is -0.495. The molecule has 0 unspecified atom stereocenters. The molecule has 1 aliphatic rings. The molecular formula is C12H14ClF3N2O. The molecule has 1 atom stereocenters. The number of rotatable bonds is 2. The summed E-state index contributed by atoms with van der Waals surface area (Å²) in [5.41, 5.74) is -0.193. The Hall–Kier alpha value is -0.980. The van der Waals surface area contributed by atoms with Crippen LogP contribution in [0.2, 0.25) is 5.02 Å². The Morgan fingerprint density at radius 1 is 1.26 bits per heavy atom. The molecule has 2 rings (SSSR count). The zero-order valence-corrected chi connectivity index (χ0v) is 10.8. The second-order valence-electron chi connectivity index (χ2n) is 4.41. The zero-order valence-electron chi connectivity index (χ0n) is 10.0. The average molecular weight is 295 g/mol. The number of hydrogen-bond donors (Lipinski definition) is 2. The molecule has 1 fully saturated rings. The summed E-state index contributed by atoms with van der Waals surface area (Å²) in [7, 11) is 0. The van der Waals surface area contributed by atoms with E-state index in [1.165, 1.54) is 23.1 Å². The number of phenolic OH excluding ortho intramolecular Hbond substituents is 1. The van der Waals surface area contributed by atoms with Crippen LogP contribution in [-0.4, -0.2) is 42.4 Å². The van der Waals surface area contributed by atoms with E-state index in [1.54, 1.807) is 0 Å². The quantitative estimate of drug-likeness (QED) is 0.880. The predicted molar refractivity (Wildman–Crippen MR) is 66.4 cm³/mol. The van der Waals surface area contributed by atoms with Crippen molar-refractivity contribution in [1.82, 2.24) is 10.2 Å². The first kappa shape index (κ1) is 14.4. The third-order valence-corrected chi connectivity index (χ3v) is 3.44. The number of piperazine rings is 1. The minimum atomic E-state index is -4.46. The number of aromatic hydroxyl groups is 1. The highest BCUT2D eigenvalue weighted by Gasteiger charge is 2.46. The normalized spacial score (nSPS) is 19.4. The summed E-state index contributed by atoms with van der Waals surface area (Å²) >= 11 is 5.70. The van der Waals surface area contributed by atoms with E-state index in [0.29, 0.717) is 13.1 Å². The van der Waals surface area contributed by atoms with Gasteiger partial charge >= 0.3 is 6.18 Å². The lowest BCUT2D eigenvalue weighted by molar-refractivity contribution is -0.188. The highest BCUT2D eigenvalue weighted by molar-refractivity contribution is 6.32. The van der Waals surface area contributed by atoms with Gasteiger partial charge in [-0.1, -0.05) is 23.7 Å². The molecule has 1 aliphatic heterocycles. The van der Waals surface area contributed by atoms with Gasteiger partial charge in [-0.3, -0.25) is 4.90 Å². The first-order chi connectivity index (χ1) is 8.91. The molecule has 0 saturated carbocycles. The number of phenols is 1. The lowest BCUT2D eigenvalue weighted by Gasteiger charge is -2.36. The van der Waals surface area contributed by atoms with E-state index in [1.807, 2.05) is 0 Å². The topological polar surface area (TPSA) is 35.5 Å². The first-order valence-corrected chi connectivity index (χ1v) is 6.28. The third-order valence-electron chi connectivity index (χ3n) is 3.14. The van der Waals surface area contributed by atoms with E-state index >= 15 is 0 Å². The third kappa shape index (κ3) is 3.13. The van der Waals surface area contributed by atoms with Gasteiger partial charge in [0.1, 0.15) is 11.8 Å². The maximum atomic E-state index is 13.3. The molecule has 0 radical (unpaired) electrons. The highest BCUT2D eigenvalue weighted by Crippen LogP contribution is 2.43. The number of nitrogens with one attached hydrogen (secondary N) is 1. The van der Waals surface area contributed by atoms with Gasteiger partial charge in [0.25, 0.3) is 0 Å². The summed E-state index contributed by atoms with van der Waals surface area (Å²) in [4.78, 5) is 1.31. The molecule has 1 aromatic rings. The van der Waals surface area contributed by atoms with Crippen molar-refractivity contribution < 1.29 is 18.3 Å². The molecule has 0 spiro atoms. The van der Waals surface area contributed by atoms with Gasteiger partial charge in [-0.25, -0.2) is 0 Å². The summed E-state index contributed by atoms with van der Waals surface area (Å²) in [6.45, 7) is 1.54. The Balaban J connectivity index is 2.40. The van der Waals surface area contributed by atoms with Gasteiger partial charge in [0, 0.05) is 31.7 Å². The minimum Gasteiger partial charge on any atom is -0.506 e. The Kier molecular flexibility index (Phi) is 4.23. The Labute approximate surface area is 114 Å². The van der Waals surface area contributed by atoms with Gasteiger partial charge in [0.05, 0.1) is 5.02 Å². The zero-order chi connectivity index (χ0) is 14.0. The van der Waals surface area contributed by atoms with E-state index in [2.05, 4.69) is 5.32 Å². The van der Waals surface area contributed by atoms with Gasteiger partial charge in [-0.15, -0.1) is 0 Å². The van der Waals surface area contributed by atoms with Crippen molar-refractivity contribution in [2.45, 2.75) is 12.2 Å². The molecule has 7 heteroatoms. The van der Waals surface area contributed by atoms with Crippen LogP contribution in [0.4, 0.5) is 13.2 Å². The summed E-state index contributed by atoms with van der Waals surface area (Å²) in [6.07, 6.45) is -4.46. The molecule has 0 amide bonds. The molecule has 3 nitrogen and oxygen atoms in total. The van der Waals surface area contributed by atoms with Crippen LogP contribution in [0.1, 0.15) is 11.6 Å². The van der Waals surface area contributed by atoms with Gasteiger partial charge < -0.3 is 10.4 Å². The molecule has 106 valence electrons. The van der Waals surface area contributed by atoms with Crippen molar-refractivity contribution in [3.63, 3.8) is 0 Å². The average Bonchev–Trinajstić information content (AvgIpc) is 2.35. The SMILES string of the molecule is Oc1c(Cl)cccc1[C@@H](N1CCNCC1)C(F)(F)F. The van der Waals surface area contributed by atoms with Crippen LogP contribution in [0, 0.1) is 0 Å². The van der Waals surface area contributed by atoms with Crippen molar-refractivity contribution in [3.05, 3.63) is 28.8 Å². The standard InChI is InChI=1S/C12H14ClF3N2O/c13-9-3-1-2-8(10(9)19)11(12(14,15)16)18-6-4-17-5-7-18/h1-3,11,17,19H,4-7H2/t11-/m1/s1. The molecule has 19 heavy (non-hydrogen) atoms. The summed E-state index contributed by atoms with van der Waals surface area (Å²) < 4.78 is 39.9. The predicted octanol–water partition coefficient (Wildman–Crippen LogP) is 2.55. The Morgan fingerprint density at radius 3 is 2.47 bits per heavy atom. The van der Waals surface area contributed by atoms with Crippen LogP contribution in [0.5, 0.6) is 5.75 Å². The maximum Gasteiger partial charge on any atom is 0.408 e.